The van der Waals surface area contributed by atoms with Crippen molar-refractivity contribution in [2.75, 3.05) is 26.3 Å². The van der Waals surface area contributed by atoms with Crippen LogP contribution in [0.1, 0.15) is 33.8 Å². The fraction of sp³-hybridized carbons (Fsp3) is 0.455. The van der Waals surface area contributed by atoms with Crippen LogP contribution in [0.5, 0.6) is 11.6 Å². The van der Waals surface area contributed by atoms with E-state index in [9.17, 15) is 0 Å². The van der Waals surface area contributed by atoms with E-state index in [1.165, 1.54) is 27.3 Å². The Morgan fingerprint density at radius 2 is 2.00 bits per heavy atom. The van der Waals surface area contributed by atoms with Gasteiger partial charge in [-0.3, -0.25) is 0 Å². The highest BCUT2D eigenvalue weighted by Crippen LogP contribution is 2.41. The summed E-state index contributed by atoms with van der Waals surface area (Å²) in [6, 6.07) is 6.33. The van der Waals surface area contributed by atoms with Crippen molar-refractivity contribution in [3.05, 3.63) is 45.6 Å². The van der Waals surface area contributed by atoms with Crippen LogP contribution < -0.4 is 9.64 Å². The molecule has 0 saturated carbocycles. The van der Waals surface area contributed by atoms with Crippen molar-refractivity contribution >= 4 is 21.6 Å². The molecule has 5 rings (SSSR count). The fourth-order valence-electron chi connectivity index (χ4n) is 4.14. The molecule has 1 saturated heterocycles. The van der Waals surface area contributed by atoms with Gasteiger partial charge in [-0.05, 0) is 55.9 Å². The number of rotatable bonds is 4. The minimum atomic E-state index is 0.737. The SMILES string of the molecule is Cc1ccc(C)c(Oc2nc(C[NH+]3CCOCC3)nc3sc4c(c23)CCC4)c1. The van der Waals surface area contributed by atoms with E-state index >= 15 is 0 Å². The van der Waals surface area contributed by atoms with E-state index in [2.05, 4.69) is 32.0 Å². The number of aryl methyl sites for hydroxylation is 4. The van der Waals surface area contributed by atoms with Gasteiger partial charge in [0.2, 0.25) is 5.88 Å². The second-order valence-electron chi connectivity index (χ2n) is 7.89. The zero-order valence-electron chi connectivity index (χ0n) is 16.5. The highest BCUT2D eigenvalue weighted by Gasteiger charge is 2.25. The summed E-state index contributed by atoms with van der Waals surface area (Å²) in [6.45, 7) is 8.66. The molecule has 5 nitrogen and oxygen atoms in total. The van der Waals surface area contributed by atoms with Gasteiger partial charge in [-0.2, -0.15) is 4.98 Å². The van der Waals surface area contributed by atoms with E-state index in [4.69, 9.17) is 19.4 Å². The summed E-state index contributed by atoms with van der Waals surface area (Å²) in [6.07, 6.45) is 3.49. The molecule has 146 valence electrons. The highest BCUT2D eigenvalue weighted by atomic mass is 32.1. The number of nitrogens with one attached hydrogen (secondary N) is 1. The summed E-state index contributed by atoms with van der Waals surface area (Å²) in [7, 11) is 0. The van der Waals surface area contributed by atoms with Gasteiger partial charge < -0.3 is 14.4 Å². The van der Waals surface area contributed by atoms with Crippen molar-refractivity contribution in [1.29, 1.82) is 0 Å². The summed E-state index contributed by atoms with van der Waals surface area (Å²) in [5.74, 6) is 2.51. The molecule has 0 bridgehead atoms. The summed E-state index contributed by atoms with van der Waals surface area (Å²) in [5, 5.41) is 1.14. The van der Waals surface area contributed by atoms with Crippen LogP contribution in [0.4, 0.5) is 0 Å². The van der Waals surface area contributed by atoms with Crippen LogP contribution in [0.25, 0.3) is 10.2 Å². The van der Waals surface area contributed by atoms with Gasteiger partial charge in [0, 0.05) is 4.88 Å². The maximum atomic E-state index is 6.44. The van der Waals surface area contributed by atoms with Crippen LogP contribution in [-0.4, -0.2) is 36.3 Å². The molecule has 1 aromatic carbocycles. The number of nitrogens with zero attached hydrogens (tertiary/aromatic N) is 2. The molecule has 3 aromatic rings. The van der Waals surface area contributed by atoms with Crippen molar-refractivity contribution in [1.82, 2.24) is 9.97 Å². The zero-order chi connectivity index (χ0) is 19.1. The van der Waals surface area contributed by atoms with Crippen LogP contribution in [-0.2, 0) is 24.1 Å². The topological polar surface area (TPSA) is 48.7 Å². The molecule has 6 heteroatoms. The molecule has 2 aromatic heterocycles. The van der Waals surface area contributed by atoms with Crippen LogP contribution in [0, 0.1) is 13.8 Å². The van der Waals surface area contributed by atoms with Gasteiger partial charge >= 0.3 is 0 Å². The maximum absolute atomic E-state index is 6.44. The first kappa shape index (κ1) is 18.0. The molecule has 2 aliphatic rings. The average molecular weight is 397 g/mol. The molecule has 1 aliphatic carbocycles. The molecule has 0 spiro atoms. The standard InChI is InChI=1S/C22H25N3O2S/c1-14-6-7-15(2)17(12-14)27-21-20-16-4-3-5-18(16)28-22(20)24-19(23-21)13-25-8-10-26-11-9-25/h6-7,12H,3-5,8-11,13H2,1-2H3/p+1. The normalized spacial score (nSPS) is 17.2. The molecule has 28 heavy (non-hydrogen) atoms. The quantitative estimate of drug-likeness (QED) is 0.737. The van der Waals surface area contributed by atoms with E-state index in [-0.39, 0.29) is 0 Å². The number of hydrogen-bond donors (Lipinski definition) is 1. The number of quaternary nitrogens is 1. The van der Waals surface area contributed by atoms with Crippen molar-refractivity contribution < 1.29 is 14.4 Å². The Hall–Kier alpha value is -2.02. The Morgan fingerprint density at radius 1 is 1.14 bits per heavy atom. The van der Waals surface area contributed by atoms with E-state index in [0.717, 1.165) is 78.9 Å². The highest BCUT2D eigenvalue weighted by molar-refractivity contribution is 7.19. The number of aromatic nitrogens is 2. The third-order valence-electron chi connectivity index (χ3n) is 5.74. The lowest BCUT2D eigenvalue weighted by atomic mass is 10.1. The second kappa shape index (κ2) is 7.43. The third kappa shape index (κ3) is 3.41. The van der Waals surface area contributed by atoms with Gasteiger partial charge in [-0.15, -0.1) is 11.3 Å². The third-order valence-corrected chi connectivity index (χ3v) is 6.92. The largest absolute Gasteiger partial charge is 0.438 e. The molecule has 1 fully saturated rings. The van der Waals surface area contributed by atoms with E-state index in [0.29, 0.717) is 0 Å². The van der Waals surface area contributed by atoms with Gasteiger partial charge in [-0.25, -0.2) is 4.98 Å². The number of benzene rings is 1. The van der Waals surface area contributed by atoms with Gasteiger partial charge in [0.05, 0.1) is 18.6 Å². The van der Waals surface area contributed by atoms with Gasteiger partial charge in [0.25, 0.3) is 0 Å². The van der Waals surface area contributed by atoms with E-state index < -0.39 is 0 Å². The Labute approximate surface area is 169 Å². The van der Waals surface area contributed by atoms with Crippen LogP contribution in [0.15, 0.2) is 18.2 Å². The molecule has 0 amide bonds. The minimum absolute atomic E-state index is 0.737. The first-order valence-corrected chi connectivity index (χ1v) is 11.0. The Morgan fingerprint density at radius 3 is 2.86 bits per heavy atom. The zero-order valence-corrected chi connectivity index (χ0v) is 17.3. The van der Waals surface area contributed by atoms with Gasteiger partial charge in [0.1, 0.15) is 30.2 Å². The Kier molecular flexibility index (Phi) is 4.78. The fourth-order valence-corrected chi connectivity index (χ4v) is 5.41. The van der Waals surface area contributed by atoms with E-state index in [1.807, 2.05) is 11.3 Å². The summed E-state index contributed by atoms with van der Waals surface area (Å²) < 4.78 is 11.9. The van der Waals surface area contributed by atoms with Gasteiger partial charge in [0.15, 0.2) is 5.82 Å². The summed E-state index contributed by atoms with van der Waals surface area (Å²) in [5.41, 5.74) is 3.73. The van der Waals surface area contributed by atoms with Crippen molar-refractivity contribution in [2.45, 2.75) is 39.7 Å². The van der Waals surface area contributed by atoms with Crippen molar-refractivity contribution in [3.63, 3.8) is 0 Å². The number of morpholine rings is 1. The lowest BCUT2D eigenvalue weighted by Gasteiger charge is -2.23. The first-order valence-electron chi connectivity index (χ1n) is 10.1. The second-order valence-corrected chi connectivity index (χ2v) is 8.98. The van der Waals surface area contributed by atoms with E-state index in [1.54, 1.807) is 0 Å². The van der Waals surface area contributed by atoms with Gasteiger partial charge in [-0.1, -0.05) is 12.1 Å². The number of hydrogen-bond acceptors (Lipinski definition) is 5. The van der Waals surface area contributed by atoms with Crippen molar-refractivity contribution in [2.24, 2.45) is 0 Å². The predicted octanol–water partition coefficient (Wildman–Crippen LogP) is 3.00. The molecule has 1 N–H and O–H groups in total. The number of fused-ring (bicyclic) bond motifs is 3. The lowest BCUT2D eigenvalue weighted by molar-refractivity contribution is -0.922. The Bertz CT molecular complexity index is 1020. The first-order chi connectivity index (χ1) is 13.7. The van der Waals surface area contributed by atoms with Crippen molar-refractivity contribution in [3.8, 4) is 11.6 Å². The summed E-state index contributed by atoms with van der Waals surface area (Å²) in [4.78, 5) is 13.9. The van der Waals surface area contributed by atoms with Crippen LogP contribution >= 0.6 is 11.3 Å². The monoisotopic (exact) mass is 396 g/mol. The van der Waals surface area contributed by atoms with Crippen LogP contribution in [0.3, 0.4) is 0 Å². The molecular formula is C22H26N3O2S+. The summed E-state index contributed by atoms with van der Waals surface area (Å²) >= 11 is 1.83. The number of ether oxygens (including phenoxy) is 2. The molecule has 1 aliphatic heterocycles. The Balaban J connectivity index is 1.57. The molecule has 0 radical (unpaired) electrons. The number of thiophene rings is 1. The average Bonchev–Trinajstić information content (AvgIpc) is 3.26. The molecular weight excluding hydrogens is 370 g/mol. The molecule has 0 unspecified atom stereocenters. The maximum Gasteiger partial charge on any atom is 0.231 e. The predicted molar refractivity (Wildman–Crippen MR) is 111 cm³/mol. The molecule has 3 heterocycles. The lowest BCUT2D eigenvalue weighted by Crippen LogP contribution is -3.12. The smallest absolute Gasteiger partial charge is 0.231 e. The molecule has 0 atom stereocenters. The minimum Gasteiger partial charge on any atom is -0.438 e. The van der Waals surface area contributed by atoms with Crippen LogP contribution in [0.2, 0.25) is 0 Å².